The minimum atomic E-state index is -3.85. The van der Waals surface area contributed by atoms with Gasteiger partial charge >= 0.3 is 5.97 Å². The predicted molar refractivity (Wildman–Crippen MR) is 91.3 cm³/mol. The van der Waals surface area contributed by atoms with Crippen LogP contribution >= 0.6 is 0 Å². The Morgan fingerprint density at radius 3 is 2.38 bits per heavy atom. The molecule has 140 valence electrons. The summed E-state index contributed by atoms with van der Waals surface area (Å²) in [5.41, 5.74) is 0.342. The van der Waals surface area contributed by atoms with Crippen LogP contribution in [0.5, 0.6) is 11.5 Å². The Labute approximate surface area is 149 Å². The first-order valence-electron chi connectivity index (χ1n) is 7.28. The lowest BCUT2D eigenvalue weighted by atomic mass is 10.2. The summed E-state index contributed by atoms with van der Waals surface area (Å²) in [6.07, 6.45) is 0. The number of amides is 1. The van der Waals surface area contributed by atoms with Gasteiger partial charge in [0.25, 0.3) is 0 Å². The van der Waals surface area contributed by atoms with Crippen LogP contribution in [0, 0.1) is 0 Å². The van der Waals surface area contributed by atoms with Crippen molar-refractivity contribution in [3.63, 3.8) is 0 Å². The van der Waals surface area contributed by atoms with E-state index in [1.165, 1.54) is 32.4 Å². The number of ether oxygens (including phenoxy) is 2. The molecule has 0 bridgehead atoms. The second-order valence-electron chi connectivity index (χ2n) is 5.22. The van der Waals surface area contributed by atoms with Crippen LogP contribution in [0.15, 0.2) is 34.7 Å². The summed E-state index contributed by atoms with van der Waals surface area (Å²) < 4.78 is 39.3. The molecule has 1 amide bonds. The fourth-order valence-electron chi connectivity index (χ4n) is 2.15. The predicted octanol–water partition coefficient (Wildman–Crippen LogP) is 1.55. The van der Waals surface area contributed by atoms with Crippen LogP contribution < -0.4 is 14.8 Å². The zero-order chi connectivity index (χ0) is 19.3. The standard InChI is InChI=1S/C16H17NO8S/c1-23-12-5-3-10(7-14(12)24-2)17-15(18)9-26(21,22)8-11-4-6-13(25-11)16(19)20/h3-7H,8-9H2,1-2H3,(H,17,18)(H,19,20). The van der Waals surface area contributed by atoms with Crippen LogP contribution in [0.3, 0.4) is 0 Å². The Morgan fingerprint density at radius 2 is 1.81 bits per heavy atom. The number of nitrogens with one attached hydrogen (secondary N) is 1. The summed E-state index contributed by atoms with van der Waals surface area (Å²) in [4.78, 5) is 22.7. The maximum atomic E-state index is 12.1. The van der Waals surface area contributed by atoms with Crippen LogP contribution in [0.2, 0.25) is 0 Å². The van der Waals surface area contributed by atoms with Crippen molar-refractivity contribution in [1.29, 1.82) is 0 Å². The van der Waals surface area contributed by atoms with E-state index >= 15 is 0 Å². The molecular formula is C16H17NO8S. The minimum Gasteiger partial charge on any atom is -0.493 e. The molecule has 10 heteroatoms. The Balaban J connectivity index is 2.02. The fraction of sp³-hybridized carbons (Fsp3) is 0.250. The van der Waals surface area contributed by atoms with Gasteiger partial charge in [-0.3, -0.25) is 4.79 Å². The van der Waals surface area contributed by atoms with E-state index in [-0.39, 0.29) is 11.5 Å². The first-order chi connectivity index (χ1) is 12.2. The zero-order valence-corrected chi connectivity index (χ0v) is 14.8. The number of aromatic carboxylic acids is 1. The number of anilines is 1. The molecular weight excluding hydrogens is 366 g/mol. The van der Waals surface area contributed by atoms with E-state index in [0.717, 1.165) is 6.07 Å². The normalized spacial score (nSPS) is 11.0. The first kappa shape index (κ1) is 19.3. The summed E-state index contributed by atoms with van der Waals surface area (Å²) in [6.45, 7) is 0. The van der Waals surface area contributed by atoms with Gasteiger partial charge in [-0.25, -0.2) is 13.2 Å². The van der Waals surface area contributed by atoms with Gasteiger partial charge in [0.05, 0.1) is 14.2 Å². The van der Waals surface area contributed by atoms with Crippen molar-refractivity contribution in [2.45, 2.75) is 5.75 Å². The molecule has 0 aliphatic heterocycles. The molecule has 1 aromatic carbocycles. The van der Waals surface area contributed by atoms with Gasteiger partial charge in [-0.1, -0.05) is 0 Å². The van der Waals surface area contributed by atoms with Crippen molar-refractivity contribution in [1.82, 2.24) is 0 Å². The average molecular weight is 383 g/mol. The molecule has 0 aliphatic carbocycles. The van der Waals surface area contributed by atoms with E-state index in [9.17, 15) is 18.0 Å². The molecule has 2 N–H and O–H groups in total. The third-order valence-corrected chi connectivity index (χ3v) is 4.68. The van der Waals surface area contributed by atoms with Gasteiger partial charge in [0.15, 0.2) is 21.3 Å². The molecule has 26 heavy (non-hydrogen) atoms. The highest BCUT2D eigenvalue weighted by molar-refractivity contribution is 7.91. The molecule has 0 saturated carbocycles. The van der Waals surface area contributed by atoms with Crippen molar-refractivity contribution in [2.24, 2.45) is 0 Å². The quantitative estimate of drug-likeness (QED) is 0.702. The monoisotopic (exact) mass is 383 g/mol. The maximum Gasteiger partial charge on any atom is 0.371 e. The summed E-state index contributed by atoms with van der Waals surface area (Å²) in [5.74, 6) is -3.01. The van der Waals surface area contributed by atoms with Gasteiger partial charge in [-0.05, 0) is 24.3 Å². The van der Waals surface area contributed by atoms with Crippen LogP contribution in [0.1, 0.15) is 16.3 Å². The third-order valence-electron chi connectivity index (χ3n) is 3.25. The molecule has 0 aliphatic rings. The highest BCUT2D eigenvalue weighted by Gasteiger charge is 2.21. The summed E-state index contributed by atoms with van der Waals surface area (Å²) >= 11 is 0. The molecule has 1 heterocycles. The number of hydrogen-bond donors (Lipinski definition) is 2. The first-order valence-corrected chi connectivity index (χ1v) is 9.10. The molecule has 9 nitrogen and oxygen atoms in total. The zero-order valence-electron chi connectivity index (χ0n) is 14.0. The summed E-state index contributed by atoms with van der Waals surface area (Å²) in [6, 6.07) is 7.00. The number of hydrogen-bond acceptors (Lipinski definition) is 7. The number of sulfone groups is 1. The second kappa shape index (κ2) is 7.91. The Morgan fingerprint density at radius 1 is 1.12 bits per heavy atom. The Hall–Kier alpha value is -3.01. The topological polar surface area (TPSA) is 132 Å². The number of carboxylic acids is 1. The molecule has 0 fully saturated rings. The molecule has 0 unspecified atom stereocenters. The highest BCUT2D eigenvalue weighted by Crippen LogP contribution is 2.29. The van der Waals surface area contributed by atoms with Crippen LogP contribution in [0.25, 0.3) is 0 Å². The van der Waals surface area contributed by atoms with Gasteiger partial charge in [0.1, 0.15) is 17.3 Å². The highest BCUT2D eigenvalue weighted by atomic mass is 32.2. The van der Waals surface area contributed by atoms with Gasteiger partial charge in [-0.15, -0.1) is 0 Å². The Bertz CT molecular complexity index is 916. The smallest absolute Gasteiger partial charge is 0.371 e. The lowest BCUT2D eigenvalue weighted by molar-refractivity contribution is -0.113. The summed E-state index contributed by atoms with van der Waals surface area (Å²) in [7, 11) is -0.951. The third kappa shape index (κ3) is 4.99. The number of carboxylic acid groups (broad SMARTS) is 1. The van der Waals surface area contributed by atoms with Gasteiger partial charge in [0, 0.05) is 11.8 Å². The number of rotatable bonds is 8. The summed E-state index contributed by atoms with van der Waals surface area (Å²) in [5, 5.41) is 11.2. The maximum absolute atomic E-state index is 12.1. The van der Waals surface area contributed by atoms with Crippen molar-refractivity contribution >= 4 is 27.4 Å². The SMILES string of the molecule is COc1ccc(NC(=O)CS(=O)(=O)Cc2ccc(C(=O)O)o2)cc1OC. The molecule has 0 radical (unpaired) electrons. The van der Waals surface area contributed by atoms with E-state index in [1.54, 1.807) is 6.07 Å². The molecule has 2 aromatic rings. The lowest BCUT2D eigenvalue weighted by Gasteiger charge is -2.10. The Kier molecular flexibility index (Phi) is 5.88. The molecule has 1 aromatic heterocycles. The van der Waals surface area contributed by atoms with Gasteiger partial charge in [-0.2, -0.15) is 0 Å². The van der Waals surface area contributed by atoms with Gasteiger partial charge < -0.3 is 24.3 Å². The molecule has 0 spiro atoms. The van der Waals surface area contributed by atoms with Crippen molar-refractivity contribution in [3.05, 3.63) is 41.9 Å². The molecule has 0 saturated heterocycles. The van der Waals surface area contributed by atoms with E-state index in [0.29, 0.717) is 17.2 Å². The average Bonchev–Trinajstić information content (AvgIpc) is 3.01. The number of methoxy groups -OCH3 is 2. The van der Waals surface area contributed by atoms with Crippen molar-refractivity contribution in [2.75, 3.05) is 25.3 Å². The molecule has 2 rings (SSSR count). The van der Waals surface area contributed by atoms with Crippen molar-refractivity contribution < 1.29 is 37.0 Å². The van der Waals surface area contributed by atoms with E-state index in [4.69, 9.17) is 19.0 Å². The van der Waals surface area contributed by atoms with E-state index in [2.05, 4.69) is 5.32 Å². The van der Waals surface area contributed by atoms with E-state index in [1.807, 2.05) is 0 Å². The second-order valence-corrected chi connectivity index (χ2v) is 7.29. The fourth-order valence-corrected chi connectivity index (χ4v) is 3.31. The minimum absolute atomic E-state index is 0.0543. The number of carbonyl (C=O) groups is 2. The van der Waals surface area contributed by atoms with Crippen molar-refractivity contribution in [3.8, 4) is 11.5 Å². The van der Waals surface area contributed by atoms with Gasteiger partial charge in [0.2, 0.25) is 11.7 Å². The van der Waals surface area contributed by atoms with E-state index < -0.39 is 33.2 Å². The largest absolute Gasteiger partial charge is 0.493 e. The van der Waals surface area contributed by atoms with Crippen LogP contribution in [-0.2, 0) is 20.4 Å². The van der Waals surface area contributed by atoms with Crippen LogP contribution in [0.4, 0.5) is 5.69 Å². The number of carbonyl (C=O) groups excluding carboxylic acids is 1. The number of furan rings is 1. The number of benzene rings is 1. The lowest BCUT2D eigenvalue weighted by Crippen LogP contribution is -2.23. The van der Waals surface area contributed by atoms with Crippen LogP contribution in [-0.4, -0.2) is 45.4 Å². The molecule has 0 atom stereocenters.